The Morgan fingerprint density at radius 3 is 2.90 bits per heavy atom. The van der Waals surface area contributed by atoms with Gasteiger partial charge in [0.05, 0.1) is 12.6 Å². The Kier molecular flexibility index (Phi) is 3.94. The largest absolute Gasteiger partial charge is 0.493 e. The fraction of sp³-hybridized carbons (Fsp3) is 0.429. The summed E-state index contributed by atoms with van der Waals surface area (Å²) in [5.74, 6) is 0.633. The van der Waals surface area contributed by atoms with E-state index in [1.54, 1.807) is 0 Å². The molecule has 1 aromatic rings. The second-order valence-electron chi connectivity index (χ2n) is 5.07. The van der Waals surface area contributed by atoms with E-state index in [9.17, 15) is 4.79 Å². The van der Waals surface area contributed by atoms with Crippen molar-refractivity contribution in [1.29, 1.82) is 5.41 Å². The first kappa shape index (κ1) is 14.3. The van der Waals surface area contributed by atoms with E-state index >= 15 is 0 Å². The third-order valence-electron chi connectivity index (χ3n) is 3.62. The van der Waals surface area contributed by atoms with Crippen LogP contribution in [0.5, 0.6) is 5.75 Å². The number of hydrogen-bond acceptors (Lipinski definition) is 5. The van der Waals surface area contributed by atoms with Crippen LogP contribution in [0.2, 0.25) is 0 Å². The third-order valence-corrected chi connectivity index (χ3v) is 3.62. The van der Waals surface area contributed by atoms with E-state index < -0.39 is 12.1 Å². The maximum atomic E-state index is 10.7. The fourth-order valence-corrected chi connectivity index (χ4v) is 2.51. The van der Waals surface area contributed by atoms with Crippen LogP contribution in [0.25, 0.3) is 0 Å². The van der Waals surface area contributed by atoms with Gasteiger partial charge in [-0.15, -0.1) is 0 Å². The predicted octanol–water partition coefficient (Wildman–Crippen LogP) is 1.69. The zero-order chi connectivity index (χ0) is 14.9. The summed E-state index contributed by atoms with van der Waals surface area (Å²) in [4.78, 5) is 10.7. The quantitative estimate of drug-likeness (QED) is 0.576. The number of ether oxygens (including phenoxy) is 2. The van der Waals surface area contributed by atoms with E-state index in [0.29, 0.717) is 6.61 Å². The number of nitrogens with one attached hydrogen (secondary N) is 1. The lowest BCUT2D eigenvalue weighted by atomic mass is 9.86. The number of rotatable bonds is 3. The second-order valence-corrected chi connectivity index (χ2v) is 5.07. The molecule has 2 rings (SSSR count). The van der Waals surface area contributed by atoms with Crippen molar-refractivity contribution in [1.82, 2.24) is 0 Å². The molecule has 1 aliphatic rings. The SMILES string of the molecule is CC1COc2cccc(C(C)C(N)C(=N)OC(N)=O)c21. The zero-order valence-corrected chi connectivity index (χ0v) is 11.6. The summed E-state index contributed by atoms with van der Waals surface area (Å²) >= 11 is 0. The van der Waals surface area contributed by atoms with Gasteiger partial charge in [0.15, 0.2) is 0 Å². The average molecular weight is 277 g/mol. The van der Waals surface area contributed by atoms with Crippen molar-refractivity contribution >= 4 is 12.0 Å². The molecule has 3 unspecified atom stereocenters. The van der Waals surface area contributed by atoms with E-state index in [1.165, 1.54) is 0 Å². The molecule has 6 nitrogen and oxygen atoms in total. The Balaban J connectivity index is 2.26. The van der Waals surface area contributed by atoms with Crippen LogP contribution in [0.15, 0.2) is 18.2 Å². The van der Waals surface area contributed by atoms with E-state index in [1.807, 2.05) is 25.1 Å². The number of primary amides is 1. The molecule has 0 aliphatic carbocycles. The monoisotopic (exact) mass is 277 g/mol. The van der Waals surface area contributed by atoms with Crippen LogP contribution in [0, 0.1) is 5.41 Å². The molecule has 1 amide bonds. The lowest BCUT2D eigenvalue weighted by Crippen LogP contribution is -2.39. The van der Waals surface area contributed by atoms with Crippen molar-refractivity contribution in [2.24, 2.45) is 11.5 Å². The smallest absolute Gasteiger partial charge is 0.411 e. The molecule has 0 aromatic heterocycles. The normalized spacial score (nSPS) is 19.6. The molecular weight excluding hydrogens is 258 g/mol. The maximum absolute atomic E-state index is 10.7. The summed E-state index contributed by atoms with van der Waals surface area (Å²) in [5.41, 5.74) is 13.0. The molecule has 0 radical (unpaired) electrons. The molecule has 1 aliphatic heterocycles. The number of hydrogen-bond donors (Lipinski definition) is 3. The topological polar surface area (TPSA) is 111 Å². The number of benzene rings is 1. The third kappa shape index (κ3) is 2.60. The number of carbonyl (C=O) groups is 1. The molecule has 1 aromatic carbocycles. The number of amides is 1. The van der Waals surface area contributed by atoms with Gasteiger partial charge in [-0.3, -0.25) is 5.41 Å². The van der Waals surface area contributed by atoms with Crippen LogP contribution in [0.1, 0.15) is 36.8 Å². The summed E-state index contributed by atoms with van der Waals surface area (Å²) < 4.78 is 10.2. The lowest BCUT2D eigenvalue weighted by molar-refractivity contribution is 0.204. The van der Waals surface area contributed by atoms with Crippen molar-refractivity contribution in [2.45, 2.75) is 31.7 Å². The molecule has 0 saturated heterocycles. The van der Waals surface area contributed by atoms with E-state index in [-0.39, 0.29) is 17.7 Å². The first-order valence-corrected chi connectivity index (χ1v) is 6.48. The van der Waals surface area contributed by atoms with Crippen molar-refractivity contribution in [2.75, 3.05) is 6.61 Å². The molecule has 108 valence electrons. The van der Waals surface area contributed by atoms with Gasteiger partial charge in [-0.05, 0) is 11.6 Å². The summed E-state index contributed by atoms with van der Waals surface area (Å²) in [6.45, 7) is 4.62. The molecule has 5 N–H and O–H groups in total. The standard InChI is InChI=1S/C14H19N3O3/c1-7-6-19-10-5-3-4-9(11(7)10)8(2)12(15)13(16)20-14(17)18/h3-5,7-8,12,16H,6,15H2,1-2H3,(H2,17,18). The van der Waals surface area contributed by atoms with Crippen LogP contribution in [-0.2, 0) is 4.74 Å². The van der Waals surface area contributed by atoms with Crippen LogP contribution in [0.4, 0.5) is 4.79 Å². The van der Waals surface area contributed by atoms with Crippen molar-refractivity contribution in [3.8, 4) is 5.75 Å². The van der Waals surface area contributed by atoms with Crippen LogP contribution in [0.3, 0.4) is 0 Å². The minimum absolute atomic E-state index is 0.180. The highest BCUT2D eigenvalue weighted by Crippen LogP contribution is 2.39. The van der Waals surface area contributed by atoms with Gasteiger partial charge >= 0.3 is 6.09 Å². The highest BCUT2D eigenvalue weighted by molar-refractivity contribution is 5.89. The van der Waals surface area contributed by atoms with Gasteiger partial charge in [0.1, 0.15) is 5.75 Å². The highest BCUT2D eigenvalue weighted by Gasteiger charge is 2.29. The summed E-state index contributed by atoms with van der Waals surface area (Å²) in [6, 6.07) is 5.05. The van der Waals surface area contributed by atoms with Gasteiger partial charge in [-0.25, -0.2) is 4.79 Å². The molecule has 0 saturated carbocycles. The van der Waals surface area contributed by atoms with Gasteiger partial charge in [0.25, 0.3) is 0 Å². The summed E-state index contributed by atoms with van der Waals surface area (Å²) in [5, 5.41) is 7.67. The molecule has 0 fully saturated rings. The minimum atomic E-state index is -1.02. The van der Waals surface area contributed by atoms with Crippen LogP contribution >= 0.6 is 0 Å². The number of fused-ring (bicyclic) bond motifs is 1. The lowest BCUT2D eigenvalue weighted by Gasteiger charge is -2.22. The maximum Gasteiger partial charge on any atom is 0.411 e. The molecule has 1 heterocycles. The van der Waals surface area contributed by atoms with Gasteiger partial charge < -0.3 is 20.9 Å². The summed E-state index contributed by atoms with van der Waals surface area (Å²) in [6.07, 6.45) is -1.02. The van der Waals surface area contributed by atoms with Crippen molar-refractivity contribution in [3.05, 3.63) is 29.3 Å². The molecular formula is C14H19N3O3. The van der Waals surface area contributed by atoms with E-state index in [2.05, 4.69) is 11.7 Å². The average Bonchev–Trinajstić information content (AvgIpc) is 2.78. The Hall–Kier alpha value is -2.08. The predicted molar refractivity (Wildman–Crippen MR) is 75.1 cm³/mol. The minimum Gasteiger partial charge on any atom is -0.493 e. The Morgan fingerprint density at radius 2 is 2.25 bits per heavy atom. The van der Waals surface area contributed by atoms with E-state index in [0.717, 1.165) is 16.9 Å². The molecule has 20 heavy (non-hydrogen) atoms. The fourth-order valence-electron chi connectivity index (χ4n) is 2.51. The number of carbonyl (C=O) groups excluding carboxylic acids is 1. The van der Waals surface area contributed by atoms with Crippen LogP contribution < -0.4 is 16.2 Å². The highest BCUT2D eigenvalue weighted by atomic mass is 16.6. The first-order chi connectivity index (χ1) is 9.41. The second kappa shape index (κ2) is 5.50. The number of nitrogens with two attached hydrogens (primary N) is 2. The molecule has 0 bridgehead atoms. The Morgan fingerprint density at radius 1 is 1.55 bits per heavy atom. The Bertz CT molecular complexity index is 544. The van der Waals surface area contributed by atoms with Crippen molar-refractivity contribution in [3.63, 3.8) is 0 Å². The van der Waals surface area contributed by atoms with Gasteiger partial charge in [0, 0.05) is 17.4 Å². The van der Waals surface area contributed by atoms with Gasteiger partial charge in [0.2, 0.25) is 5.90 Å². The van der Waals surface area contributed by atoms with Crippen LogP contribution in [-0.4, -0.2) is 24.6 Å². The van der Waals surface area contributed by atoms with E-state index in [4.69, 9.17) is 21.6 Å². The summed E-state index contributed by atoms with van der Waals surface area (Å²) in [7, 11) is 0. The molecule has 6 heteroatoms. The first-order valence-electron chi connectivity index (χ1n) is 6.48. The zero-order valence-electron chi connectivity index (χ0n) is 11.6. The van der Waals surface area contributed by atoms with Gasteiger partial charge in [-0.1, -0.05) is 26.0 Å². The van der Waals surface area contributed by atoms with Gasteiger partial charge in [-0.2, -0.15) is 0 Å². The Labute approximate surface area is 117 Å². The molecule has 0 spiro atoms. The molecule has 3 atom stereocenters. The van der Waals surface area contributed by atoms with Crippen molar-refractivity contribution < 1.29 is 14.3 Å².